The Bertz CT molecular complexity index is 733. The maximum Gasteiger partial charge on any atom is 0.257 e. The summed E-state index contributed by atoms with van der Waals surface area (Å²) in [4.78, 5) is 11.5. The molecule has 0 aromatic heterocycles. The van der Waals surface area contributed by atoms with E-state index in [1.807, 2.05) is 25.1 Å². The van der Waals surface area contributed by atoms with Gasteiger partial charge in [-0.3, -0.25) is 10.2 Å². The number of benzene rings is 2. The van der Waals surface area contributed by atoms with Crippen LogP contribution in [0.3, 0.4) is 0 Å². The van der Waals surface area contributed by atoms with E-state index >= 15 is 0 Å². The number of rotatable bonds is 8. The third-order valence-corrected chi connectivity index (χ3v) is 3.42. The fraction of sp³-hybridized carbons (Fsp3) is 0.222. The topological polar surface area (TPSA) is 72.0 Å². The van der Waals surface area contributed by atoms with E-state index < -0.39 is 0 Å². The summed E-state index contributed by atoms with van der Waals surface area (Å²) in [5.74, 6) is 0.846. The van der Waals surface area contributed by atoms with Crippen molar-refractivity contribution in [1.29, 1.82) is 0 Å². The van der Waals surface area contributed by atoms with Gasteiger partial charge >= 0.3 is 0 Å². The molecule has 6 nitrogen and oxygen atoms in total. The van der Waals surface area contributed by atoms with Crippen LogP contribution in [-0.2, 0) is 4.79 Å². The summed E-state index contributed by atoms with van der Waals surface area (Å²) >= 11 is 5.84. The van der Waals surface area contributed by atoms with Crippen LogP contribution in [0, 0.1) is 0 Å². The van der Waals surface area contributed by atoms with Crippen LogP contribution < -0.4 is 20.2 Å². The molecule has 0 aliphatic rings. The van der Waals surface area contributed by atoms with Gasteiger partial charge in [0, 0.05) is 11.6 Å². The zero-order valence-electron chi connectivity index (χ0n) is 14.1. The van der Waals surface area contributed by atoms with E-state index in [0.717, 1.165) is 11.3 Å². The number of methoxy groups -OCH3 is 1. The number of hydrogen-bond acceptors (Lipinski definition) is 5. The standard InChI is InChI=1S/C18H20ClN3O3/c1-3-20-18(23)12-25-16-9-4-13(10-17(16)24-2)11-21-22-15-7-5-14(19)6-8-15/h4-11,22H,3,12H2,1-2H3,(H,20,23)/b21-11-. The number of hydrazone groups is 1. The molecule has 2 N–H and O–H groups in total. The van der Waals surface area contributed by atoms with Crippen molar-refractivity contribution >= 4 is 29.4 Å². The van der Waals surface area contributed by atoms with Gasteiger partial charge in [-0.25, -0.2) is 0 Å². The molecule has 0 atom stereocenters. The summed E-state index contributed by atoms with van der Waals surface area (Å²) in [6.07, 6.45) is 1.66. The Hall–Kier alpha value is -2.73. The highest BCUT2D eigenvalue weighted by molar-refractivity contribution is 6.30. The van der Waals surface area contributed by atoms with E-state index in [9.17, 15) is 4.79 Å². The van der Waals surface area contributed by atoms with Crippen LogP contribution >= 0.6 is 11.6 Å². The van der Waals surface area contributed by atoms with E-state index in [2.05, 4.69) is 15.8 Å². The van der Waals surface area contributed by atoms with Gasteiger partial charge in [0.05, 0.1) is 19.0 Å². The molecule has 1 amide bonds. The summed E-state index contributed by atoms with van der Waals surface area (Å²) in [5.41, 5.74) is 4.56. The third kappa shape index (κ3) is 6.00. The van der Waals surface area contributed by atoms with Crippen LogP contribution in [0.25, 0.3) is 0 Å². The molecule has 0 saturated carbocycles. The van der Waals surface area contributed by atoms with Gasteiger partial charge in [0.15, 0.2) is 18.1 Å². The molecule has 0 bridgehead atoms. The predicted octanol–water partition coefficient (Wildman–Crippen LogP) is 3.31. The molecule has 2 aromatic carbocycles. The minimum Gasteiger partial charge on any atom is -0.493 e. The van der Waals surface area contributed by atoms with Crippen molar-refractivity contribution in [1.82, 2.24) is 5.32 Å². The first-order chi connectivity index (χ1) is 12.1. The van der Waals surface area contributed by atoms with E-state index in [1.165, 1.54) is 0 Å². The Morgan fingerprint density at radius 3 is 2.64 bits per heavy atom. The number of nitrogens with zero attached hydrogens (tertiary/aromatic N) is 1. The molecule has 2 rings (SSSR count). The van der Waals surface area contributed by atoms with Crippen LogP contribution in [0.1, 0.15) is 12.5 Å². The van der Waals surface area contributed by atoms with Gasteiger partial charge < -0.3 is 14.8 Å². The first-order valence-corrected chi connectivity index (χ1v) is 8.12. The summed E-state index contributed by atoms with van der Waals surface area (Å²) < 4.78 is 10.8. The van der Waals surface area contributed by atoms with E-state index in [0.29, 0.717) is 23.1 Å². The minimum atomic E-state index is -0.178. The second-order valence-corrected chi connectivity index (χ2v) is 5.47. The van der Waals surface area contributed by atoms with Crippen LogP contribution in [0.2, 0.25) is 5.02 Å². The number of carbonyl (C=O) groups is 1. The van der Waals surface area contributed by atoms with Crippen molar-refractivity contribution in [2.24, 2.45) is 5.10 Å². The number of ether oxygens (including phenoxy) is 2. The molecule has 0 aliphatic carbocycles. The van der Waals surface area contributed by atoms with E-state index in [-0.39, 0.29) is 12.5 Å². The smallest absolute Gasteiger partial charge is 0.257 e. The number of carbonyl (C=O) groups excluding carboxylic acids is 1. The molecule has 132 valence electrons. The van der Waals surface area contributed by atoms with Gasteiger partial charge in [0.1, 0.15) is 0 Å². The number of likely N-dealkylation sites (N-methyl/N-ethyl adjacent to an activating group) is 1. The zero-order valence-corrected chi connectivity index (χ0v) is 14.8. The van der Waals surface area contributed by atoms with Crippen LogP contribution in [0.4, 0.5) is 5.69 Å². The molecule has 0 fully saturated rings. The van der Waals surface area contributed by atoms with Crippen molar-refractivity contribution < 1.29 is 14.3 Å². The first kappa shape index (κ1) is 18.6. The zero-order chi connectivity index (χ0) is 18.1. The third-order valence-electron chi connectivity index (χ3n) is 3.17. The van der Waals surface area contributed by atoms with Crippen molar-refractivity contribution in [3.63, 3.8) is 0 Å². The second kappa shape index (κ2) is 9.54. The summed E-state index contributed by atoms with van der Waals surface area (Å²) in [7, 11) is 1.54. The summed E-state index contributed by atoms with van der Waals surface area (Å²) in [6.45, 7) is 2.36. The van der Waals surface area contributed by atoms with Gasteiger partial charge in [-0.2, -0.15) is 5.10 Å². The maximum absolute atomic E-state index is 11.5. The SMILES string of the molecule is CCNC(=O)COc1ccc(/C=N\Nc2ccc(Cl)cc2)cc1OC. The highest BCUT2D eigenvalue weighted by Crippen LogP contribution is 2.27. The molecule has 0 spiro atoms. The van der Waals surface area contributed by atoms with E-state index in [1.54, 1.807) is 37.6 Å². The summed E-state index contributed by atoms with van der Waals surface area (Å²) in [5, 5.41) is 7.50. The lowest BCUT2D eigenvalue weighted by molar-refractivity contribution is -0.123. The normalized spacial score (nSPS) is 10.5. The van der Waals surface area contributed by atoms with Crippen LogP contribution in [-0.4, -0.2) is 32.4 Å². The van der Waals surface area contributed by atoms with Crippen LogP contribution in [0.5, 0.6) is 11.5 Å². The Morgan fingerprint density at radius 2 is 1.96 bits per heavy atom. The molecule has 0 aliphatic heterocycles. The Labute approximate surface area is 151 Å². The Kier molecular flexibility index (Phi) is 7.10. The van der Waals surface area contributed by atoms with Crippen molar-refractivity contribution in [2.45, 2.75) is 6.92 Å². The molecular weight excluding hydrogens is 342 g/mol. The van der Waals surface area contributed by atoms with Crippen molar-refractivity contribution in [3.05, 3.63) is 53.1 Å². The van der Waals surface area contributed by atoms with Crippen LogP contribution in [0.15, 0.2) is 47.6 Å². The fourth-order valence-corrected chi connectivity index (χ4v) is 2.11. The summed E-state index contributed by atoms with van der Waals surface area (Å²) in [6, 6.07) is 12.6. The number of hydrogen-bond donors (Lipinski definition) is 2. The van der Waals surface area contributed by atoms with E-state index in [4.69, 9.17) is 21.1 Å². The predicted molar refractivity (Wildman–Crippen MR) is 99.8 cm³/mol. The second-order valence-electron chi connectivity index (χ2n) is 5.03. The molecule has 0 radical (unpaired) electrons. The molecule has 7 heteroatoms. The molecular formula is C18H20ClN3O3. The molecule has 25 heavy (non-hydrogen) atoms. The Morgan fingerprint density at radius 1 is 1.20 bits per heavy atom. The number of halogens is 1. The van der Waals surface area contributed by atoms with Gasteiger partial charge in [-0.05, 0) is 55.0 Å². The minimum absolute atomic E-state index is 0.0598. The van der Waals surface area contributed by atoms with Gasteiger partial charge in [-0.15, -0.1) is 0 Å². The highest BCUT2D eigenvalue weighted by atomic mass is 35.5. The fourth-order valence-electron chi connectivity index (χ4n) is 1.98. The number of anilines is 1. The van der Waals surface area contributed by atoms with Crippen molar-refractivity contribution in [3.8, 4) is 11.5 Å². The average molecular weight is 362 g/mol. The van der Waals surface area contributed by atoms with Gasteiger partial charge in [0.2, 0.25) is 0 Å². The lowest BCUT2D eigenvalue weighted by atomic mass is 10.2. The van der Waals surface area contributed by atoms with Gasteiger partial charge in [0.25, 0.3) is 5.91 Å². The quantitative estimate of drug-likeness (QED) is 0.559. The monoisotopic (exact) mass is 361 g/mol. The molecule has 0 heterocycles. The average Bonchev–Trinajstić information content (AvgIpc) is 2.62. The number of amides is 1. The lowest BCUT2D eigenvalue weighted by Crippen LogP contribution is -2.28. The largest absolute Gasteiger partial charge is 0.493 e. The molecule has 0 unspecified atom stereocenters. The Balaban J connectivity index is 1.98. The molecule has 0 saturated heterocycles. The molecule has 2 aromatic rings. The lowest BCUT2D eigenvalue weighted by Gasteiger charge is -2.11. The maximum atomic E-state index is 11.5. The van der Waals surface area contributed by atoms with Crippen molar-refractivity contribution in [2.75, 3.05) is 25.7 Å². The number of nitrogens with one attached hydrogen (secondary N) is 2. The first-order valence-electron chi connectivity index (χ1n) is 7.74. The van der Waals surface area contributed by atoms with Gasteiger partial charge in [-0.1, -0.05) is 11.6 Å². The highest BCUT2D eigenvalue weighted by Gasteiger charge is 2.07.